The largest absolute Gasteiger partial charge is 0.463 e. The molecule has 0 amide bonds. The standard InChI is InChI=1S/C6H10O2.C3H3N3/c1-4-8-6(7)5(2)3;1-2-4-6-5-3-1/h2,4H2,1,3H3;1-3H. The molecule has 76 valence electrons. The molecule has 0 saturated heterocycles. The molecule has 1 rings (SSSR count). The van der Waals surface area contributed by atoms with Gasteiger partial charge in [0.05, 0.1) is 19.0 Å². The molecule has 0 N–H and O–H groups in total. The summed E-state index contributed by atoms with van der Waals surface area (Å²) in [5.74, 6) is -0.312. The molecule has 0 aromatic carbocycles. The average molecular weight is 195 g/mol. The maximum atomic E-state index is 10.4. The first-order valence-corrected chi connectivity index (χ1v) is 4.09. The zero-order valence-corrected chi connectivity index (χ0v) is 8.30. The number of esters is 1. The third-order valence-electron chi connectivity index (χ3n) is 1.03. The van der Waals surface area contributed by atoms with Crippen molar-refractivity contribution in [2.24, 2.45) is 0 Å². The minimum Gasteiger partial charge on any atom is -0.463 e. The normalized spacial score (nSPS) is 8.14. The van der Waals surface area contributed by atoms with Crippen LogP contribution in [0.1, 0.15) is 13.8 Å². The lowest BCUT2D eigenvalue weighted by Crippen LogP contribution is -2.03. The molecule has 0 aliphatic heterocycles. The number of ether oxygens (including phenoxy) is 1. The Hall–Kier alpha value is -1.78. The van der Waals surface area contributed by atoms with E-state index < -0.39 is 0 Å². The Morgan fingerprint density at radius 3 is 2.14 bits per heavy atom. The quantitative estimate of drug-likeness (QED) is 0.520. The smallest absolute Gasteiger partial charge is 0.333 e. The molecule has 0 bridgehead atoms. The molecular weight excluding hydrogens is 182 g/mol. The fourth-order valence-corrected chi connectivity index (χ4v) is 0.459. The predicted octanol–water partition coefficient (Wildman–Crippen LogP) is 0.997. The van der Waals surface area contributed by atoms with Crippen LogP contribution in [-0.4, -0.2) is 28.0 Å². The van der Waals surface area contributed by atoms with Crippen molar-refractivity contribution in [1.29, 1.82) is 0 Å². The van der Waals surface area contributed by atoms with Gasteiger partial charge in [-0.1, -0.05) is 6.58 Å². The molecule has 14 heavy (non-hydrogen) atoms. The van der Waals surface area contributed by atoms with E-state index in [1.165, 1.54) is 0 Å². The van der Waals surface area contributed by atoms with Gasteiger partial charge in [0.2, 0.25) is 0 Å². The van der Waals surface area contributed by atoms with Crippen molar-refractivity contribution in [2.45, 2.75) is 13.8 Å². The summed E-state index contributed by atoms with van der Waals surface area (Å²) in [4.78, 5) is 10.4. The van der Waals surface area contributed by atoms with Gasteiger partial charge < -0.3 is 4.74 Å². The van der Waals surface area contributed by atoms with Crippen LogP contribution < -0.4 is 0 Å². The van der Waals surface area contributed by atoms with Crippen LogP contribution in [0.15, 0.2) is 30.6 Å². The van der Waals surface area contributed by atoms with Gasteiger partial charge in [-0.15, -0.1) is 10.2 Å². The molecule has 0 unspecified atom stereocenters. The highest BCUT2D eigenvalue weighted by molar-refractivity contribution is 5.86. The van der Waals surface area contributed by atoms with E-state index in [9.17, 15) is 4.79 Å². The summed E-state index contributed by atoms with van der Waals surface area (Å²) in [6.07, 6.45) is 3.15. The maximum Gasteiger partial charge on any atom is 0.333 e. The highest BCUT2D eigenvalue weighted by atomic mass is 16.5. The van der Waals surface area contributed by atoms with Crippen molar-refractivity contribution in [2.75, 3.05) is 6.61 Å². The van der Waals surface area contributed by atoms with Gasteiger partial charge in [-0.25, -0.2) is 4.79 Å². The summed E-state index contributed by atoms with van der Waals surface area (Å²) in [6.45, 7) is 7.21. The van der Waals surface area contributed by atoms with E-state index in [0.29, 0.717) is 12.2 Å². The third kappa shape index (κ3) is 6.90. The van der Waals surface area contributed by atoms with Crippen molar-refractivity contribution in [3.05, 3.63) is 30.6 Å². The highest BCUT2D eigenvalue weighted by Crippen LogP contribution is 1.89. The van der Waals surface area contributed by atoms with Gasteiger partial charge in [0.25, 0.3) is 0 Å². The van der Waals surface area contributed by atoms with Crippen molar-refractivity contribution < 1.29 is 9.53 Å². The maximum absolute atomic E-state index is 10.4. The van der Waals surface area contributed by atoms with Crippen molar-refractivity contribution in [1.82, 2.24) is 15.4 Å². The second-order valence-corrected chi connectivity index (χ2v) is 2.31. The van der Waals surface area contributed by atoms with Crippen molar-refractivity contribution >= 4 is 5.97 Å². The fourth-order valence-electron chi connectivity index (χ4n) is 0.459. The summed E-state index contributed by atoms with van der Waals surface area (Å²) in [7, 11) is 0. The first-order chi connectivity index (χ1) is 6.68. The molecule has 5 heteroatoms. The zero-order valence-electron chi connectivity index (χ0n) is 8.30. The minimum absolute atomic E-state index is 0.312. The number of rotatable bonds is 2. The van der Waals surface area contributed by atoms with E-state index in [-0.39, 0.29) is 5.97 Å². The first kappa shape index (κ1) is 12.2. The Balaban J connectivity index is 0.000000249. The van der Waals surface area contributed by atoms with Crippen LogP contribution in [0.2, 0.25) is 0 Å². The Labute approximate surface area is 82.8 Å². The lowest BCUT2D eigenvalue weighted by atomic mass is 10.4. The molecule has 0 atom stereocenters. The molecule has 0 aliphatic carbocycles. The average Bonchev–Trinajstić information content (AvgIpc) is 2.21. The van der Waals surface area contributed by atoms with Gasteiger partial charge in [0.15, 0.2) is 0 Å². The second kappa shape index (κ2) is 7.85. The minimum atomic E-state index is -0.312. The molecule has 1 heterocycles. The topological polar surface area (TPSA) is 65.0 Å². The summed E-state index contributed by atoms with van der Waals surface area (Å²) in [5.41, 5.74) is 0.451. The second-order valence-electron chi connectivity index (χ2n) is 2.31. The van der Waals surface area contributed by atoms with Gasteiger partial charge in [0, 0.05) is 5.57 Å². The van der Waals surface area contributed by atoms with Crippen LogP contribution in [-0.2, 0) is 9.53 Å². The van der Waals surface area contributed by atoms with E-state index >= 15 is 0 Å². The van der Waals surface area contributed by atoms with Gasteiger partial charge in [-0.05, 0) is 25.1 Å². The number of carbonyl (C=O) groups excluding carboxylic acids is 1. The summed E-state index contributed by atoms with van der Waals surface area (Å²) >= 11 is 0. The number of nitrogens with zero attached hydrogens (tertiary/aromatic N) is 3. The molecule has 0 fully saturated rings. The molecule has 1 aromatic rings. The van der Waals surface area contributed by atoms with Crippen LogP contribution in [0.25, 0.3) is 0 Å². The predicted molar refractivity (Wildman–Crippen MR) is 51.3 cm³/mol. The van der Waals surface area contributed by atoms with Gasteiger partial charge in [0.1, 0.15) is 0 Å². The lowest BCUT2D eigenvalue weighted by Gasteiger charge is -1.96. The summed E-state index contributed by atoms with van der Waals surface area (Å²) < 4.78 is 4.56. The van der Waals surface area contributed by atoms with Crippen LogP contribution in [0.4, 0.5) is 0 Å². The molecular formula is C9H13N3O2. The molecule has 0 saturated carbocycles. The van der Waals surface area contributed by atoms with E-state index in [2.05, 4.69) is 26.7 Å². The third-order valence-corrected chi connectivity index (χ3v) is 1.03. The SMILES string of the molecule is C=C(C)C(=O)OCC.c1cnnnc1. The number of hydrogen-bond acceptors (Lipinski definition) is 5. The van der Waals surface area contributed by atoms with E-state index in [1.807, 2.05) is 0 Å². The Morgan fingerprint density at radius 2 is 2.00 bits per heavy atom. The first-order valence-electron chi connectivity index (χ1n) is 4.09. The van der Waals surface area contributed by atoms with E-state index in [0.717, 1.165) is 0 Å². The molecule has 0 spiro atoms. The van der Waals surface area contributed by atoms with Crippen LogP contribution >= 0.6 is 0 Å². The van der Waals surface area contributed by atoms with Crippen molar-refractivity contribution in [3.63, 3.8) is 0 Å². The van der Waals surface area contributed by atoms with E-state index in [4.69, 9.17) is 0 Å². The summed E-state index contributed by atoms with van der Waals surface area (Å²) in [6, 6.07) is 1.72. The lowest BCUT2D eigenvalue weighted by molar-refractivity contribution is -0.138. The number of hydrogen-bond donors (Lipinski definition) is 0. The van der Waals surface area contributed by atoms with Gasteiger partial charge in [-0.2, -0.15) is 0 Å². The monoisotopic (exact) mass is 195 g/mol. The fraction of sp³-hybridized carbons (Fsp3) is 0.333. The van der Waals surface area contributed by atoms with Crippen LogP contribution in [0.3, 0.4) is 0 Å². The molecule has 1 aromatic heterocycles. The number of carbonyl (C=O) groups is 1. The Morgan fingerprint density at radius 1 is 1.43 bits per heavy atom. The Bertz CT molecular complexity index is 248. The van der Waals surface area contributed by atoms with Crippen molar-refractivity contribution in [3.8, 4) is 0 Å². The van der Waals surface area contributed by atoms with E-state index in [1.54, 1.807) is 32.3 Å². The Kier molecular flexibility index (Phi) is 6.85. The summed E-state index contributed by atoms with van der Waals surface area (Å²) in [5, 5.41) is 10.1. The van der Waals surface area contributed by atoms with Crippen LogP contribution in [0.5, 0.6) is 0 Å². The highest BCUT2D eigenvalue weighted by Gasteiger charge is 1.98. The zero-order chi connectivity index (χ0) is 10.8. The van der Waals surface area contributed by atoms with Gasteiger partial charge >= 0.3 is 5.97 Å². The molecule has 0 radical (unpaired) electrons. The van der Waals surface area contributed by atoms with Gasteiger partial charge in [-0.3, -0.25) is 0 Å². The van der Waals surface area contributed by atoms with Crippen LogP contribution in [0, 0.1) is 0 Å². The molecule has 5 nitrogen and oxygen atoms in total. The number of aromatic nitrogens is 3. The molecule has 0 aliphatic rings.